The van der Waals surface area contributed by atoms with Crippen LogP contribution in [0.2, 0.25) is 5.02 Å². The van der Waals surface area contributed by atoms with Crippen molar-refractivity contribution in [2.45, 2.75) is 19.8 Å². The van der Waals surface area contributed by atoms with E-state index in [1.54, 1.807) is 24.3 Å². The molecule has 0 atom stereocenters. The molecule has 2 rings (SSSR count). The van der Waals surface area contributed by atoms with Gasteiger partial charge in [0.25, 0.3) is 5.91 Å². The number of carbonyl (C=O) groups is 3. The fourth-order valence-electron chi connectivity index (χ4n) is 1.69. The van der Waals surface area contributed by atoms with Crippen molar-refractivity contribution in [2.24, 2.45) is 0 Å². The van der Waals surface area contributed by atoms with Crippen molar-refractivity contribution in [3.8, 4) is 11.4 Å². The van der Waals surface area contributed by atoms with Crippen LogP contribution in [0.5, 0.6) is 0 Å². The first-order valence-corrected chi connectivity index (χ1v) is 7.61. The summed E-state index contributed by atoms with van der Waals surface area (Å²) >= 11 is 5.81. The van der Waals surface area contributed by atoms with Crippen LogP contribution in [0.25, 0.3) is 11.4 Å². The lowest BCUT2D eigenvalue weighted by Crippen LogP contribution is -2.42. The Hall–Kier alpha value is -2.94. The highest BCUT2D eigenvalue weighted by Gasteiger charge is 2.12. The molecule has 0 spiro atoms. The fraction of sp³-hybridized carbons (Fsp3) is 0.267. The molecule has 2 amide bonds. The van der Waals surface area contributed by atoms with Gasteiger partial charge in [-0.15, -0.1) is 0 Å². The molecule has 0 bridgehead atoms. The summed E-state index contributed by atoms with van der Waals surface area (Å²) in [7, 11) is 0. The first-order valence-electron chi connectivity index (χ1n) is 7.23. The molecular formula is C15H15ClN4O5. The summed E-state index contributed by atoms with van der Waals surface area (Å²) in [6.45, 7) is 0.730. The number of nitrogens with zero attached hydrogens (tertiary/aromatic N) is 2. The van der Waals surface area contributed by atoms with Gasteiger partial charge in [0.2, 0.25) is 17.6 Å². The van der Waals surface area contributed by atoms with Gasteiger partial charge in [0.15, 0.2) is 6.61 Å². The van der Waals surface area contributed by atoms with Gasteiger partial charge in [-0.05, 0) is 24.3 Å². The largest absolute Gasteiger partial charge is 0.455 e. The van der Waals surface area contributed by atoms with Crippen molar-refractivity contribution in [3.63, 3.8) is 0 Å². The molecule has 1 heterocycles. The Balaban J connectivity index is 1.76. The highest BCUT2D eigenvalue weighted by molar-refractivity contribution is 6.30. The number of hydrazine groups is 1. The molecule has 0 aliphatic carbocycles. The molecule has 0 saturated heterocycles. The lowest BCUT2D eigenvalue weighted by Gasteiger charge is -2.05. The molecule has 1 aromatic carbocycles. The summed E-state index contributed by atoms with van der Waals surface area (Å²) in [5.41, 5.74) is 4.88. The Labute approximate surface area is 147 Å². The number of ether oxygens (including phenoxy) is 1. The number of aromatic nitrogens is 2. The lowest BCUT2D eigenvalue weighted by molar-refractivity contribution is -0.149. The minimum Gasteiger partial charge on any atom is -0.455 e. The monoisotopic (exact) mass is 366 g/mol. The van der Waals surface area contributed by atoms with Crippen LogP contribution in [-0.4, -0.2) is 34.5 Å². The Morgan fingerprint density at radius 1 is 1.20 bits per heavy atom. The van der Waals surface area contributed by atoms with E-state index in [1.165, 1.54) is 6.92 Å². The average molecular weight is 367 g/mol. The molecular weight excluding hydrogens is 352 g/mol. The van der Waals surface area contributed by atoms with E-state index in [0.29, 0.717) is 10.8 Å². The minimum atomic E-state index is -0.647. The van der Waals surface area contributed by atoms with Crippen LogP contribution in [0.15, 0.2) is 28.8 Å². The van der Waals surface area contributed by atoms with E-state index in [4.69, 9.17) is 20.9 Å². The number of hydrogen-bond donors (Lipinski definition) is 2. The minimum absolute atomic E-state index is 0.0321. The first-order chi connectivity index (χ1) is 11.9. The topological polar surface area (TPSA) is 123 Å². The average Bonchev–Trinajstić information content (AvgIpc) is 3.06. The van der Waals surface area contributed by atoms with Gasteiger partial charge in [0.05, 0.1) is 6.42 Å². The summed E-state index contributed by atoms with van der Waals surface area (Å²) in [4.78, 5) is 37.6. The standard InChI is InChI=1S/C15H15ClN4O5/c1-9(21)18-19-12(22)8-24-14(23)7-6-13-17-15(20-25-13)10-2-4-11(16)5-3-10/h2-5H,6-8H2,1H3,(H,18,21)(H,19,22). The summed E-state index contributed by atoms with van der Waals surface area (Å²) in [6.07, 6.45) is 0.141. The molecule has 25 heavy (non-hydrogen) atoms. The third kappa shape index (κ3) is 6.22. The maximum atomic E-state index is 11.6. The van der Waals surface area contributed by atoms with Crippen LogP contribution in [0.1, 0.15) is 19.2 Å². The number of amides is 2. The van der Waals surface area contributed by atoms with E-state index < -0.39 is 24.4 Å². The second-order valence-electron chi connectivity index (χ2n) is 4.91. The van der Waals surface area contributed by atoms with E-state index in [-0.39, 0.29) is 18.7 Å². The second-order valence-corrected chi connectivity index (χ2v) is 5.35. The third-order valence-corrected chi connectivity index (χ3v) is 3.11. The van der Waals surface area contributed by atoms with E-state index in [9.17, 15) is 14.4 Å². The van der Waals surface area contributed by atoms with Crippen LogP contribution in [0.4, 0.5) is 0 Å². The third-order valence-electron chi connectivity index (χ3n) is 2.86. The smallest absolute Gasteiger partial charge is 0.306 e. The van der Waals surface area contributed by atoms with Crippen molar-refractivity contribution >= 4 is 29.4 Å². The molecule has 1 aromatic heterocycles. The zero-order valence-corrected chi connectivity index (χ0v) is 14.0. The number of benzene rings is 1. The van der Waals surface area contributed by atoms with Crippen molar-refractivity contribution in [3.05, 3.63) is 35.2 Å². The van der Waals surface area contributed by atoms with E-state index in [1.807, 2.05) is 0 Å². The van der Waals surface area contributed by atoms with E-state index in [2.05, 4.69) is 21.0 Å². The molecule has 0 saturated carbocycles. The number of esters is 1. The number of rotatable bonds is 6. The maximum Gasteiger partial charge on any atom is 0.306 e. The van der Waals surface area contributed by atoms with Gasteiger partial charge < -0.3 is 9.26 Å². The van der Waals surface area contributed by atoms with Gasteiger partial charge in [-0.3, -0.25) is 25.2 Å². The Bertz CT molecular complexity index is 760. The number of nitrogens with one attached hydrogen (secondary N) is 2. The SMILES string of the molecule is CC(=O)NNC(=O)COC(=O)CCc1nc(-c2ccc(Cl)cc2)no1. The molecule has 0 aliphatic heterocycles. The number of aryl methyl sites for hydroxylation is 1. The van der Waals surface area contributed by atoms with Gasteiger partial charge in [-0.25, -0.2) is 0 Å². The van der Waals surface area contributed by atoms with Crippen LogP contribution in [0, 0.1) is 0 Å². The molecule has 2 aromatic rings. The highest BCUT2D eigenvalue weighted by atomic mass is 35.5. The van der Waals surface area contributed by atoms with Gasteiger partial charge >= 0.3 is 5.97 Å². The molecule has 0 unspecified atom stereocenters. The fourth-order valence-corrected chi connectivity index (χ4v) is 1.82. The normalized spacial score (nSPS) is 10.2. The predicted molar refractivity (Wildman–Crippen MR) is 86.0 cm³/mol. The van der Waals surface area contributed by atoms with Crippen LogP contribution in [-0.2, 0) is 25.5 Å². The number of carbonyl (C=O) groups excluding carboxylic acids is 3. The Morgan fingerprint density at radius 2 is 1.92 bits per heavy atom. The second kappa shape index (κ2) is 8.78. The van der Waals surface area contributed by atoms with Crippen molar-refractivity contribution in [1.82, 2.24) is 21.0 Å². The molecule has 10 heteroatoms. The molecule has 9 nitrogen and oxygen atoms in total. The first kappa shape index (κ1) is 18.4. The molecule has 2 N–H and O–H groups in total. The summed E-state index contributed by atoms with van der Waals surface area (Å²) in [5, 5.41) is 4.42. The van der Waals surface area contributed by atoms with Gasteiger partial charge in [-0.2, -0.15) is 4.98 Å². The van der Waals surface area contributed by atoms with Gasteiger partial charge in [0.1, 0.15) is 0 Å². The molecule has 0 fully saturated rings. The molecule has 132 valence electrons. The lowest BCUT2D eigenvalue weighted by atomic mass is 10.2. The van der Waals surface area contributed by atoms with Crippen LogP contribution >= 0.6 is 11.6 Å². The van der Waals surface area contributed by atoms with E-state index >= 15 is 0 Å². The van der Waals surface area contributed by atoms with Crippen molar-refractivity contribution in [2.75, 3.05) is 6.61 Å². The Kier molecular flexibility index (Phi) is 6.47. The van der Waals surface area contributed by atoms with Crippen molar-refractivity contribution < 1.29 is 23.6 Å². The van der Waals surface area contributed by atoms with Crippen LogP contribution in [0.3, 0.4) is 0 Å². The number of hydrogen-bond acceptors (Lipinski definition) is 7. The maximum absolute atomic E-state index is 11.6. The predicted octanol–water partition coefficient (Wildman–Crippen LogP) is 1.03. The highest BCUT2D eigenvalue weighted by Crippen LogP contribution is 2.18. The number of halogens is 1. The Morgan fingerprint density at radius 3 is 2.60 bits per heavy atom. The van der Waals surface area contributed by atoms with Gasteiger partial charge in [0, 0.05) is 23.9 Å². The summed E-state index contributed by atoms with van der Waals surface area (Å²) < 4.78 is 9.82. The zero-order valence-electron chi connectivity index (χ0n) is 13.2. The van der Waals surface area contributed by atoms with E-state index in [0.717, 1.165) is 5.56 Å². The van der Waals surface area contributed by atoms with Gasteiger partial charge in [-0.1, -0.05) is 16.8 Å². The summed E-state index contributed by atoms with van der Waals surface area (Å²) in [5.74, 6) is -1.04. The van der Waals surface area contributed by atoms with Crippen LogP contribution < -0.4 is 10.9 Å². The van der Waals surface area contributed by atoms with Crippen molar-refractivity contribution in [1.29, 1.82) is 0 Å². The summed E-state index contributed by atoms with van der Waals surface area (Å²) in [6, 6.07) is 6.91. The molecule has 0 radical (unpaired) electrons. The quantitative estimate of drug-likeness (QED) is 0.578. The zero-order chi connectivity index (χ0) is 18.2. The molecule has 0 aliphatic rings.